The highest BCUT2D eigenvalue weighted by Crippen LogP contribution is 2.38. The Morgan fingerprint density at radius 2 is 1.35 bits per heavy atom. The number of nitrogens with one attached hydrogen (secondary N) is 1. The minimum atomic E-state index is -5.59. The second-order valence-corrected chi connectivity index (χ2v) is 7.57. The molecular formula is C14H26F5NO2S. The molecule has 1 N–H and O–H groups in total. The number of alkyl halides is 5. The molecule has 0 aromatic carbocycles. The van der Waals surface area contributed by atoms with E-state index < -0.39 is 41.5 Å². The van der Waals surface area contributed by atoms with Gasteiger partial charge in [0.2, 0.25) is 10.0 Å². The van der Waals surface area contributed by atoms with E-state index in [4.69, 9.17) is 0 Å². The first-order chi connectivity index (χ1) is 10.5. The van der Waals surface area contributed by atoms with Gasteiger partial charge in [0.1, 0.15) is 0 Å². The van der Waals surface area contributed by atoms with E-state index in [0.717, 1.165) is 38.5 Å². The molecule has 23 heavy (non-hydrogen) atoms. The zero-order valence-electron chi connectivity index (χ0n) is 13.4. The van der Waals surface area contributed by atoms with E-state index in [2.05, 4.69) is 11.6 Å². The van der Waals surface area contributed by atoms with Gasteiger partial charge in [0.15, 0.2) is 0 Å². The molecule has 0 aromatic rings. The standard InChI is InChI=1S/C14H26F5NO2S/c1-2-3-4-5-6-7-8-12-23(21,22)20-11-9-10-13(15,16)14(17,18)19/h20H,2-12H2,1H3. The first kappa shape index (κ1) is 22.6. The lowest BCUT2D eigenvalue weighted by molar-refractivity contribution is -0.284. The van der Waals surface area contributed by atoms with E-state index in [1.165, 1.54) is 0 Å². The number of rotatable bonds is 13. The third-order valence-corrected chi connectivity index (χ3v) is 4.89. The van der Waals surface area contributed by atoms with Gasteiger partial charge in [0.05, 0.1) is 5.75 Å². The summed E-state index contributed by atoms with van der Waals surface area (Å²) in [5, 5.41) is 0. The molecule has 0 saturated carbocycles. The molecule has 0 aliphatic rings. The first-order valence-electron chi connectivity index (χ1n) is 7.94. The number of halogens is 5. The van der Waals surface area contributed by atoms with Gasteiger partial charge in [-0.25, -0.2) is 13.1 Å². The molecule has 0 bridgehead atoms. The Labute approximate surface area is 135 Å². The zero-order valence-corrected chi connectivity index (χ0v) is 14.2. The zero-order chi connectivity index (χ0) is 18.0. The highest BCUT2D eigenvalue weighted by Gasteiger charge is 2.56. The van der Waals surface area contributed by atoms with Crippen molar-refractivity contribution >= 4 is 10.0 Å². The van der Waals surface area contributed by atoms with Gasteiger partial charge in [-0.05, 0) is 12.8 Å². The highest BCUT2D eigenvalue weighted by atomic mass is 32.2. The fourth-order valence-electron chi connectivity index (χ4n) is 2.00. The van der Waals surface area contributed by atoms with E-state index in [0.29, 0.717) is 6.42 Å². The average Bonchev–Trinajstić information content (AvgIpc) is 2.41. The van der Waals surface area contributed by atoms with Crippen LogP contribution in [0.1, 0.15) is 64.7 Å². The molecule has 0 radical (unpaired) electrons. The summed E-state index contributed by atoms with van der Waals surface area (Å²) in [6.07, 6.45) is -0.968. The first-order valence-corrected chi connectivity index (χ1v) is 9.59. The maximum Gasteiger partial charge on any atom is 0.453 e. The van der Waals surface area contributed by atoms with Crippen LogP contribution in [0, 0.1) is 0 Å². The normalized spacial score (nSPS) is 13.5. The topological polar surface area (TPSA) is 46.2 Å². The van der Waals surface area contributed by atoms with Crippen LogP contribution < -0.4 is 4.72 Å². The molecule has 140 valence electrons. The summed E-state index contributed by atoms with van der Waals surface area (Å²) in [7, 11) is -3.61. The monoisotopic (exact) mass is 367 g/mol. The fourth-order valence-corrected chi connectivity index (χ4v) is 3.19. The molecule has 0 rings (SSSR count). The largest absolute Gasteiger partial charge is 0.453 e. The van der Waals surface area contributed by atoms with Crippen LogP contribution in [0.3, 0.4) is 0 Å². The van der Waals surface area contributed by atoms with E-state index >= 15 is 0 Å². The third-order valence-electron chi connectivity index (χ3n) is 3.42. The van der Waals surface area contributed by atoms with Crippen molar-refractivity contribution in [1.82, 2.24) is 4.72 Å². The van der Waals surface area contributed by atoms with Gasteiger partial charge < -0.3 is 0 Å². The summed E-state index contributed by atoms with van der Waals surface area (Å²) in [6.45, 7) is 1.69. The van der Waals surface area contributed by atoms with E-state index in [1.807, 2.05) is 0 Å². The molecule has 0 aliphatic heterocycles. The Kier molecular flexibility index (Phi) is 10.2. The van der Waals surface area contributed by atoms with Crippen LogP contribution in [0.4, 0.5) is 22.0 Å². The molecule has 9 heteroatoms. The Hall–Kier alpha value is -0.440. The van der Waals surface area contributed by atoms with Crippen LogP contribution in [0.5, 0.6) is 0 Å². The van der Waals surface area contributed by atoms with Gasteiger partial charge in [-0.15, -0.1) is 0 Å². The number of hydrogen-bond donors (Lipinski definition) is 1. The van der Waals surface area contributed by atoms with Gasteiger partial charge in [-0.1, -0.05) is 45.4 Å². The van der Waals surface area contributed by atoms with E-state index in [9.17, 15) is 30.4 Å². The minimum Gasteiger partial charge on any atom is -0.215 e. The Morgan fingerprint density at radius 1 is 0.826 bits per heavy atom. The molecule has 0 fully saturated rings. The summed E-state index contributed by atoms with van der Waals surface area (Å²) < 4.78 is 86.2. The van der Waals surface area contributed by atoms with Crippen molar-refractivity contribution in [2.45, 2.75) is 76.8 Å². The molecule has 0 amide bonds. The van der Waals surface area contributed by atoms with Crippen LogP contribution in [0.15, 0.2) is 0 Å². The summed E-state index contributed by atoms with van der Waals surface area (Å²) in [4.78, 5) is 0. The Balaban J connectivity index is 3.81. The SMILES string of the molecule is CCCCCCCCCS(=O)(=O)NCCCC(F)(F)C(F)(F)F. The van der Waals surface area contributed by atoms with Gasteiger partial charge >= 0.3 is 12.1 Å². The van der Waals surface area contributed by atoms with Crippen molar-refractivity contribution in [1.29, 1.82) is 0 Å². The maximum atomic E-state index is 12.6. The van der Waals surface area contributed by atoms with Gasteiger partial charge in [0.25, 0.3) is 0 Å². The molecule has 0 heterocycles. The molecule has 0 spiro atoms. The lowest BCUT2D eigenvalue weighted by Crippen LogP contribution is -2.37. The van der Waals surface area contributed by atoms with Crippen molar-refractivity contribution < 1.29 is 30.4 Å². The Morgan fingerprint density at radius 3 is 1.87 bits per heavy atom. The predicted octanol–water partition coefficient (Wildman–Crippen LogP) is 4.63. The summed E-state index contributed by atoms with van der Waals surface area (Å²) in [6, 6.07) is 0. The van der Waals surface area contributed by atoms with Crippen LogP contribution in [-0.4, -0.2) is 32.8 Å². The van der Waals surface area contributed by atoms with Crippen molar-refractivity contribution in [3.05, 3.63) is 0 Å². The van der Waals surface area contributed by atoms with Crippen LogP contribution in [-0.2, 0) is 10.0 Å². The average molecular weight is 367 g/mol. The van der Waals surface area contributed by atoms with Crippen molar-refractivity contribution in [2.75, 3.05) is 12.3 Å². The van der Waals surface area contributed by atoms with Crippen LogP contribution in [0.25, 0.3) is 0 Å². The van der Waals surface area contributed by atoms with Crippen molar-refractivity contribution in [3.63, 3.8) is 0 Å². The molecule has 0 saturated heterocycles. The Bertz CT molecular complexity index is 410. The number of unbranched alkanes of at least 4 members (excludes halogenated alkanes) is 6. The predicted molar refractivity (Wildman–Crippen MR) is 80.0 cm³/mol. The maximum absolute atomic E-state index is 12.6. The van der Waals surface area contributed by atoms with E-state index in [-0.39, 0.29) is 5.75 Å². The number of sulfonamides is 1. The van der Waals surface area contributed by atoms with E-state index in [1.54, 1.807) is 0 Å². The van der Waals surface area contributed by atoms with Gasteiger partial charge in [-0.2, -0.15) is 22.0 Å². The second-order valence-electron chi connectivity index (χ2n) is 5.64. The smallest absolute Gasteiger partial charge is 0.215 e. The molecule has 3 nitrogen and oxygen atoms in total. The molecular weight excluding hydrogens is 341 g/mol. The summed E-state index contributed by atoms with van der Waals surface area (Å²) >= 11 is 0. The van der Waals surface area contributed by atoms with Gasteiger partial charge in [0, 0.05) is 13.0 Å². The lowest BCUT2D eigenvalue weighted by Gasteiger charge is -2.19. The number of hydrogen-bond acceptors (Lipinski definition) is 2. The highest BCUT2D eigenvalue weighted by molar-refractivity contribution is 7.89. The molecule has 0 unspecified atom stereocenters. The molecule has 0 atom stereocenters. The summed E-state index contributed by atoms with van der Waals surface area (Å²) in [5.41, 5.74) is 0. The second kappa shape index (κ2) is 10.4. The molecule has 0 aromatic heterocycles. The van der Waals surface area contributed by atoms with Crippen LogP contribution >= 0.6 is 0 Å². The van der Waals surface area contributed by atoms with Crippen LogP contribution in [0.2, 0.25) is 0 Å². The third kappa shape index (κ3) is 10.9. The minimum absolute atomic E-state index is 0.129. The van der Waals surface area contributed by atoms with Crippen molar-refractivity contribution in [2.24, 2.45) is 0 Å². The lowest BCUT2D eigenvalue weighted by atomic mass is 10.1. The summed E-state index contributed by atoms with van der Waals surface area (Å²) in [5.74, 6) is -4.91. The quantitative estimate of drug-likeness (QED) is 0.381. The fraction of sp³-hybridized carbons (Fsp3) is 1.00. The van der Waals surface area contributed by atoms with Crippen molar-refractivity contribution in [3.8, 4) is 0 Å². The van der Waals surface area contributed by atoms with Gasteiger partial charge in [-0.3, -0.25) is 0 Å². The molecule has 0 aliphatic carbocycles.